The number of aryl methyl sites for hydroxylation is 3. The molecule has 0 aliphatic carbocycles. The summed E-state index contributed by atoms with van der Waals surface area (Å²) in [5.74, 6) is 0.902. The van der Waals surface area contributed by atoms with Gasteiger partial charge in [0, 0.05) is 43.3 Å². The molecule has 0 bridgehead atoms. The predicted octanol–water partition coefficient (Wildman–Crippen LogP) is 2.01. The lowest BCUT2D eigenvalue weighted by atomic mass is 10.2. The van der Waals surface area contributed by atoms with Gasteiger partial charge in [0.25, 0.3) is 0 Å². The van der Waals surface area contributed by atoms with E-state index in [1.54, 1.807) is 0 Å². The monoisotopic (exact) mass is 251 g/mol. The molecular formula is C11H17N5S. The van der Waals surface area contributed by atoms with Gasteiger partial charge in [-0.1, -0.05) is 13.8 Å². The second kappa shape index (κ2) is 5.27. The van der Waals surface area contributed by atoms with Crippen LogP contribution in [0.3, 0.4) is 0 Å². The van der Waals surface area contributed by atoms with Gasteiger partial charge in [0.2, 0.25) is 5.13 Å². The van der Waals surface area contributed by atoms with Crippen LogP contribution in [-0.2, 0) is 26.4 Å². The standard InChI is InChI=1S/C11H17N5S/c1-4-9-8(7-16(3)14-9)6-12-11-13-10(5-2)15-17-11/h7H,4-6H2,1-3H3,(H,12,13,15). The lowest BCUT2D eigenvalue weighted by Crippen LogP contribution is -2.00. The van der Waals surface area contributed by atoms with Crippen LogP contribution in [0.15, 0.2) is 6.20 Å². The van der Waals surface area contributed by atoms with E-state index in [4.69, 9.17) is 0 Å². The fraction of sp³-hybridized carbons (Fsp3) is 0.545. The predicted molar refractivity (Wildman–Crippen MR) is 69.2 cm³/mol. The molecule has 0 aliphatic rings. The van der Waals surface area contributed by atoms with Crippen molar-refractivity contribution < 1.29 is 0 Å². The summed E-state index contributed by atoms with van der Waals surface area (Å²) in [5.41, 5.74) is 2.36. The fourth-order valence-electron chi connectivity index (χ4n) is 1.67. The van der Waals surface area contributed by atoms with Crippen LogP contribution in [0.25, 0.3) is 0 Å². The van der Waals surface area contributed by atoms with Gasteiger partial charge in [-0.05, 0) is 6.42 Å². The fourth-order valence-corrected chi connectivity index (χ4v) is 2.31. The maximum absolute atomic E-state index is 4.41. The van der Waals surface area contributed by atoms with Crippen LogP contribution >= 0.6 is 11.5 Å². The molecular weight excluding hydrogens is 234 g/mol. The van der Waals surface area contributed by atoms with E-state index in [-0.39, 0.29) is 0 Å². The van der Waals surface area contributed by atoms with Gasteiger partial charge >= 0.3 is 0 Å². The smallest absolute Gasteiger partial charge is 0.202 e. The first-order valence-electron chi connectivity index (χ1n) is 5.80. The maximum atomic E-state index is 4.41. The highest BCUT2D eigenvalue weighted by Gasteiger charge is 2.07. The van der Waals surface area contributed by atoms with Crippen molar-refractivity contribution in [2.75, 3.05) is 5.32 Å². The zero-order valence-electron chi connectivity index (χ0n) is 10.4. The average molecular weight is 251 g/mol. The molecule has 0 spiro atoms. The minimum absolute atomic E-state index is 0.759. The number of hydrogen-bond acceptors (Lipinski definition) is 5. The molecule has 0 saturated heterocycles. The van der Waals surface area contributed by atoms with Gasteiger partial charge < -0.3 is 5.32 Å². The van der Waals surface area contributed by atoms with Gasteiger partial charge in [-0.3, -0.25) is 4.68 Å². The van der Waals surface area contributed by atoms with Gasteiger partial charge in [0.15, 0.2) is 0 Å². The summed E-state index contributed by atoms with van der Waals surface area (Å²) in [6, 6.07) is 0. The van der Waals surface area contributed by atoms with Gasteiger partial charge in [-0.2, -0.15) is 9.47 Å². The largest absolute Gasteiger partial charge is 0.356 e. The topological polar surface area (TPSA) is 55.6 Å². The van der Waals surface area contributed by atoms with Crippen LogP contribution in [0.4, 0.5) is 5.13 Å². The molecule has 6 heteroatoms. The minimum Gasteiger partial charge on any atom is -0.356 e. The van der Waals surface area contributed by atoms with E-state index in [0.717, 1.165) is 36.0 Å². The molecule has 0 amide bonds. The van der Waals surface area contributed by atoms with E-state index in [1.165, 1.54) is 17.1 Å². The normalized spacial score (nSPS) is 10.8. The van der Waals surface area contributed by atoms with Crippen molar-refractivity contribution in [1.29, 1.82) is 0 Å². The molecule has 17 heavy (non-hydrogen) atoms. The van der Waals surface area contributed by atoms with Crippen LogP contribution in [0, 0.1) is 0 Å². The van der Waals surface area contributed by atoms with Crippen LogP contribution in [-0.4, -0.2) is 19.1 Å². The quantitative estimate of drug-likeness (QED) is 0.883. The molecule has 0 atom stereocenters. The van der Waals surface area contributed by atoms with E-state index in [1.807, 2.05) is 17.9 Å². The summed E-state index contributed by atoms with van der Waals surface area (Å²) in [4.78, 5) is 4.38. The second-order valence-electron chi connectivity index (χ2n) is 3.85. The van der Waals surface area contributed by atoms with Gasteiger partial charge in [-0.15, -0.1) is 0 Å². The Labute approximate surface area is 105 Å². The number of nitrogens with one attached hydrogen (secondary N) is 1. The molecule has 2 rings (SSSR count). The van der Waals surface area contributed by atoms with E-state index >= 15 is 0 Å². The van der Waals surface area contributed by atoms with Crippen molar-refractivity contribution in [3.05, 3.63) is 23.3 Å². The molecule has 0 aliphatic heterocycles. The number of aromatic nitrogens is 4. The maximum Gasteiger partial charge on any atom is 0.202 e. The first-order valence-corrected chi connectivity index (χ1v) is 6.58. The molecule has 2 aromatic heterocycles. The highest BCUT2D eigenvalue weighted by molar-refractivity contribution is 7.09. The molecule has 1 N–H and O–H groups in total. The van der Waals surface area contributed by atoms with E-state index in [9.17, 15) is 0 Å². The highest BCUT2D eigenvalue weighted by atomic mass is 32.1. The van der Waals surface area contributed by atoms with Crippen LogP contribution in [0.1, 0.15) is 30.9 Å². The summed E-state index contributed by atoms with van der Waals surface area (Å²) in [6.07, 6.45) is 3.88. The van der Waals surface area contributed by atoms with Crippen molar-refractivity contribution in [1.82, 2.24) is 19.1 Å². The third-order valence-corrected chi connectivity index (χ3v) is 3.25. The van der Waals surface area contributed by atoms with E-state index in [2.05, 4.69) is 33.6 Å². The highest BCUT2D eigenvalue weighted by Crippen LogP contribution is 2.14. The molecule has 0 saturated carbocycles. The number of hydrogen-bond donors (Lipinski definition) is 1. The molecule has 0 fully saturated rings. The first kappa shape index (κ1) is 12.0. The van der Waals surface area contributed by atoms with Gasteiger partial charge in [0.05, 0.1) is 5.69 Å². The van der Waals surface area contributed by atoms with E-state index in [0.29, 0.717) is 0 Å². The molecule has 0 unspecified atom stereocenters. The summed E-state index contributed by atoms with van der Waals surface area (Å²) >= 11 is 1.41. The molecule has 0 aromatic carbocycles. The lowest BCUT2D eigenvalue weighted by molar-refractivity contribution is 0.746. The Bertz CT molecular complexity index is 488. The third-order valence-electron chi connectivity index (χ3n) is 2.54. The molecule has 2 heterocycles. The average Bonchev–Trinajstić information content (AvgIpc) is 2.92. The van der Waals surface area contributed by atoms with E-state index < -0.39 is 0 Å². The second-order valence-corrected chi connectivity index (χ2v) is 4.60. The Morgan fingerprint density at radius 3 is 2.82 bits per heavy atom. The lowest BCUT2D eigenvalue weighted by Gasteiger charge is -2.00. The zero-order chi connectivity index (χ0) is 12.3. The third kappa shape index (κ3) is 2.82. The number of nitrogens with zero attached hydrogens (tertiary/aromatic N) is 4. The van der Waals surface area contributed by atoms with Crippen molar-refractivity contribution in [2.24, 2.45) is 7.05 Å². The Balaban J connectivity index is 2.01. The summed E-state index contributed by atoms with van der Waals surface area (Å²) in [7, 11) is 1.95. The molecule has 0 radical (unpaired) electrons. The van der Waals surface area contributed by atoms with Crippen molar-refractivity contribution in [2.45, 2.75) is 33.2 Å². The zero-order valence-corrected chi connectivity index (χ0v) is 11.2. The SMILES string of the molecule is CCc1nsc(NCc2cn(C)nc2CC)n1. The van der Waals surface area contributed by atoms with Crippen molar-refractivity contribution in [3.63, 3.8) is 0 Å². The summed E-state index contributed by atoms with van der Waals surface area (Å²) < 4.78 is 6.10. The summed E-state index contributed by atoms with van der Waals surface area (Å²) in [6.45, 7) is 4.93. The Morgan fingerprint density at radius 2 is 2.18 bits per heavy atom. The van der Waals surface area contributed by atoms with Crippen molar-refractivity contribution in [3.8, 4) is 0 Å². The first-order chi connectivity index (χ1) is 8.22. The van der Waals surface area contributed by atoms with Gasteiger partial charge in [0.1, 0.15) is 5.82 Å². The number of anilines is 1. The molecule has 5 nitrogen and oxygen atoms in total. The molecule has 2 aromatic rings. The summed E-state index contributed by atoms with van der Waals surface area (Å²) in [5, 5.41) is 8.58. The Morgan fingerprint density at radius 1 is 1.35 bits per heavy atom. The van der Waals surface area contributed by atoms with Crippen LogP contribution in [0.5, 0.6) is 0 Å². The molecule has 92 valence electrons. The minimum atomic E-state index is 0.759. The number of rotatable bonds is 5. The Kier molecular flexibility index (Phi) is 3.73. The van der Waals surface area contributed by atoms with Crippen LogP contribution < -0.4 is 5.32 Å². The van der Waals surface area contributed by atoms with Crippen molar-refractivity contribution >= 4 is 16.7 Å². The van der Waals surface area contributed by atoms with Gasteiger partial charge in [-0.25, -0.2) is 4.98 Å². The Hall–Kier alpha value is -1.43. The van der Waals surface area contributed by atoms with Crippen LogP contribution in [0.2, 0.25) is 0 Å².